The maximum Gasteiger partial charge on any atom is 0.242 e. The average molecular weight is 362 g/mol. The molecule has 0 aliphatic carbocycles. The molecule has 0 aliphatic rings. The monoisotopic (exact) mass is 362 g/mol. The Bertz CT molecular complexity index is 805. The summed E-state index contributed by atoms with van der Waals surface area (Å²) in [7, 11) is -0.593. The van der Waals surface area contributed by atoms with E-state index in [9.17, 15) is 13.2 Å². The molecule has 0 saturated heterocycles. The van der Waals surface area contributed by atoms with E-state index in [4.69, 9.17) is 4.74 Å². The number of benzene rings is 2. The molecule has 0 atom stereocenters. The fourth-order valence-corrected chi connectivity index (χ4v) is 3.06. The molecule has 0 spiro atoms. The van der Waals surface area contributed by atoms with Crippen molar-refractivity contribution in [1.29, 1.82) is 0 Å². The van der Waals surface area contributed by atoms with Gasteiger partial charge in [-0.25, -0.2) is 12.7 Å². The second-order valence-electron chi connectivity index (χ2n) is 5.63. The SMILES string of the molecule is CN(C)S(=O)(=O)c1cccc(NC(=O)CCCOc2ccccc2)c1. The van der Waals surface area contributed by atoms with Gasteiger partial charge in [0.1, 0.15) is 5.75 Å². The Morgan fingerprint density at radius 2 is 1.80 bits per heavy atom. The zero-order chi connectivity index (χ0) is 18.3. The number of nitrogens with zero attached hydrogens (tertiary/aromatic N) is 1. The van der Waals surface area contributed by atoms with Crippen LogP contribution in [0.15, 0.2) is 59.5 Å². The van der Waals surface area contributed by atoms with E-state index < -0.39 is 10.0 Å². The van der Waals surface area contributed by atoms with Crippen molar-refractivity contribution in [3.05, 3.63) is 54.6 Å². The van der Waals surface area contributed by atoms with Gasteiger partial charge in [0.05, 0.1) is 11.5 Å². The van der Waals surface area contributed by atoms with Gasteiger partial charge in [0.15, 0.2) is 0 Å². The van der Waals surface area contributed by atoms with E-state index >= 15 is 0 Å². The van der Waals surface area contributed by atoms with E-state index in [-0.39, 0.29) is 17.2 Å². The van der Waals surface area contributed by atoms with Crippen LogP contribution in [0.5, 0.6) is 5.75 Å². The van der Waals surface area contributed by atoms with Crippen LogP contribution < -0.4 is 10.1 Å². The summed E-state index contributed by atoms with van der Waals surface area (Å²) in [4.78, 5) is 12.1. The highest BCUT2D eigenvalue weighted by Gasteiger charge is 2.17. The third-order valence-corrected chi connectivity index (χ3v) is 5.27. The molecular weight excluding hydrogens is 340 g/mol. The first-order chi connectivity index (χ1) is 11.9. The summed E-state index contributed by atoms with van der Waals surface area (Å²) in [5.41, 5.74) is 0.455. The van der Waals surface area contributed by atoms with Gasteiger partial charge in [-0.1, -0.05) is 24.3 Å². The van der Waals surface area contributed by atoms with Crippen LogP contribution in [0.4, 0.5) is 5.69 Å². The normalized spacial score (nSPS) is 11.3. The number of carbonyl (C=O) groups excluding carboxylic acids is 1. The minimum atomic E-state index is -3.52. The van der Waals surface area contributed by atoms with Crippen molar-refractivity contribution < 1.29 is 17.9 Å². The van der Waals surface area contributed by atoms with Crippen molar-refractivity contribution in [2.45, 2.75) is 17.7 Å². The highest BCUT2D eigenvalue weighted by molar-refractivity contribution is 7.89. The van der Waals surface area contributed by atoms with Crippen LogP contribution in [0.1, 0.15) is 12.8 Å². The Hall–Kier alpha value is -2.38. The molecule has 2 aromatic carbocycles. The molecule has 134 valence electrons. The first-order valence-corrected chi connectivity index (χ1v) is 9.34. The van der Waals surface area contributed by atoms with E-state index in [1.807, 2.05) is 30.3 Å². The fourth-order valence-electron chi connectivity index (χ4n) is 2.11. The number of hydrogen-bond donors (Lipinski definition) is 1. The molecule has 0 aliphatic heterocycles. The number of hydrogen-bond acceptors (Lipinski definition) is 4. The summed E-state index contributed by atoms with van der Waals surface area (Å²) in [6, 6.07) is 15.6. The zero-order valence-corrected chi connectivity index (χ0v) is 15.1. The summed E-state index contributed by atoms with van der Waals surface area (Å²) in [5, 5.41) is 2.71. The molecule has 0 fully saturated rings. The van der Waals surface area contributed by atoms with E-state index in [1.54, 1.807) is 12.1 Å². The van der Waals surface area contributed by atoms with Gasteiger partial charge < -0.3 is 10.1 Å². The Morgan fingerprint density at radius 1 is 1.08 bits per heavy atom. The smallest absolute Gasteiger partial charge is 0.242 e. The van der Waals surface area contributed by atoms with Crippen molar-refractivity contribution in [1.82, 2.24) is 4.31 Å². The number of rotatable bonds is 8. The van der Waals surface area contributed by atoms with Crippen LogP contribution in [0, 0.1) is 0 Å². The molecule has 7 heteroatoms. The second-order valence-corrected chi connectivity index (χ2v) is 7.78. The highest BCUT2D eigenvalue weighted by Crippen LogP contribution is 2.18. The number of carbonyl (C=O) groups is 1. The number of amides is 1. The Morgan fingerprint density at radius 3 is 2.48 bits per heavy atom. The van der Waals surface area contributed by atoms with Crippen LogP contribution >= 0.6 is 0 Å². The zero-order valence-electron chi connectivity index (χ0n) is 14.3. The number of ether oxygens (including phenoxy) is 1. The number of para-hydroxylation sites is 1. The lowest BCUT2D eigenvalue weighted by Gasteiger charge is -2.12. The third kappa shape index (κ3) is 5.58. The van der Waals surface area contributed by atoms with E-state index in [0.29, 0.717) is 18.7 Å². The third-order valence-electron chi connectivity index (χ3n) is 3.46. The van der Waals surface area contributed by atoms with Crippen molar-refractivity contribution in [3.63, 3.8) is 0 Å². The van der Waals surface area contributed by atoms with Gasteiger partial charge >= 0.3 is 0 Å². The molecule has 2 aromatic rings. The lowest BCUT2D eigenvalue weighted by Crippen LogP contribution is -2.22. The minimum absolute atomic E-state index is 0.141. The molecule has 0 heterocycles. The van der Waals surface area contributed by atoms with Crippen molar-refractivity contribution in [3.8, 4) is 5.75 Å². The number of anilines is 1. The maximum atomic E-state index is 12.1. The standard InChI is InChI=1S/C18H22N2O4S/c1-20(2)25(22,23)17-11-6-8-15(14-17)19-18(21)12-7-13-24-16-9-4-3-5-10-16/h3-6,8-11,14H,7,12-13H2,1-2H3,(H,19,21). The largest absolute Gasteiger partial charge is 0.494 e. The van der Waals surface area contributed by atoms with Gasteiger partial charge in [0.2, 0.25) is 15.9 Å². The first kappa shape index (κ1) is 19.0. The summed E-state index contributed by atoms with van der Waals surface area (Å²) in [6.45, 7) is 0.437. The molecule has 25 heavy (non-hydrogen) atoms. The van der Waals surface area contributed by atoms with Crippen LogP contribution in [-0.2, 0) is 14.8 Å². The van der Waals surface area contributed by atoms with Gasteiger partial charge in [-0.15, -0.1) is 0 Å². The molecular formula is C18H22N2O4S. The lowest BCUT2D eigenvalue weighted by molar-refractivity contribution is -0.116. The molecule has 0 unspecified atom stereocenters. The van der Waals surface area contributed by atoms with Crippen molar-refractivity contribution in [2.75, 3.05) is 26.0 Å². The molecule has 1 N–H and O–H groups in total. The van der Waals surface area contributed by atoms with Gasteiger partial charge in [0, 0.05) is 26.2 Å². The number of nitrogens with one attached hydrogen (secondary N) is 1. The van der Waals surface area contributed by atoms with Crippen LogP contribution in [-0.4, -0.2) is 39.3 Å². The predicted molar refractivity (Wildman–Crippen MR) is 97.1 cm³/mol. The minimum Gasteiger partial charge on any atom is -0.494 e. The Kier molecular flexibility index (Phi) is 6.55. The van der Waals surface area contributed by atoms with Gasteiger partial charge in [-0.2, -0.15) is 0 Å². The summed E-state index contributed by atoms with van der Waals surface area (Å²) >= 11 is 0. The fraction of sp³-hybridized carbons (Fsp3) is 0.278. The summed E-state index contributed by atoms with van der Waals surface area (Å²) in [5.74, 6) is 0.584. The van der Waals surface area contributed by atoms with Gasteiger partial charge in [-0.05, 0) is 36.8 Å². The average Bonchev–Trinajstić information content (AvgIpc) is 2.60. The van der Waals surface area contributed by atoms with Crippen LogP contribution in [0.3, 0.4) is 0 Å². The Labute approximate surface area is 148 Å². The van der Waals surface area contributed by atoms with Crippen LogP contribution in [0.25, 0.3) is 0 Å². The van der Waals surface area contributed by atoms with Crippen molar-refractivity contribution in [2.24, 2.45) is 0 Å². The Balaban J connectivity index is 1.84. The molecule has 2 rings (SSSR count). The topological polar surface area (TPSA) is 75.7 Å². The molecule has 0 aromatic heterocycles. The van der Waals surface area contributed by atoms with E-state index in [2.05, 4.69) is 5.32 Å². The first-order valence-electron chi connectivity index (χ1n) is 7.90. The van der Waals surface area contributed by atoms with Crippen molar-refractivity contribution >= 4 is 21.6 Å². The van der Waals surface area contributed by atoms with Crippen LogP contribution in [0.2, 0.25) is 0 Å². The second kappa shape index (κ2) is 8.64. The molecule has 6 nitrogen and oxygen atoms in total. The van der Waals surface area contributed by atoms with Gasteiger partial charge in [0.25, 0.3) is 0 Å². The maximum absolute atomic E-state index is 12.1. The van der Waals surface area contributed by atoms with Gasteiger partial charge in [-0.3, -0.25) is 4.79 Å². The predicted octanol–water partition coefficient (Wildman–Crippen LogP) is 2.73. The number of sulfonamides is 1. The van der Waals surface area contributed by atoms with E-state index in [0.717, 1.165) is 10.1 Å². The lowest BCUT2D eigenvalue weighted by atomic mass is 10.2. The quantitative estimate of drug-likeness (QED) is 0.733. The summed E-state index contributed by atoms with van der Waals surface area (Å²) in [6.07, 6.45) is 0.855. The molecule has 0 saturated carbocycles. The molecule has 1 amide bonds. The molecule has 0 radical (unpaired) electrons. The highest BCUT2D eigenvalue weighted by atomic mass is 32.2. The van der Waals surface area contributed by atoms with E-state index in [1.165, 1.54) is 26.2 Å². The molecule has 0 bridgehead atoms. The summed E-state index contributed by atoms with van der Waals surface area (Å²) < 4.78 is 30.9.